The summed E-state index contributed by atoms with van der Waals surface area (Å²) >= 11 is 0. The lowest BCUT2D eigenvalue weighted by Crippen LogP contribution is -2.10. The predicted molar refractivity (Wildman–Crippen MR) is 151 cm³/mol. The van der Waals surface area contributed by atoms with Gasteiger partial charge in [0, 0.05) is 23.9 Å². The van der Waals surface area contributed by atoms with Crippen LogP contribution in [0.15, 0.2) is 72.8 Å². The second-order valence-corrected chi connectivity index (χ2v) is 9.00. The van der Waals surface area contributed by atoms with Gasteiger partial charge in [-0.05, 0) is 72.5 Å². The molecule has 0 saturated heterocycles. The van der Waals surface area contributed by atoms with E-state index in [1.807, 2.05) is 48.5 Å². The monoisotopic (exact) mass is 516 g/mol. The van der Waals surface area contributed by atoms with Gasteiger partial charge in [0.25, 0.3) is 0 Å². The zero-order chi connectivity index (χ0) is 27.2. The van der Waals surface area contributed by atoms with Crippen LogP contribution in [0.4, 0.5) is 11.4 Å². The molecule has 4 N–H and O–H groups in total. The average molecular weight is 517 g/mol. The fraction of sp³-hybridized carbons (Fsp3) is 0.290. The van der Waals surface area contributed by atoms with E-state index < -0.39 is 11.9 Å². The van der Waals surface area contributed by atoms with E-state index in [0.29, 0.717) is 41.5 Å². The van der Waals surface area contributed by atoms with Gasteiger partial charge in [0.2, 0.25) is 0 Å². The summed E-state index contributed by atoms with van der Waals surface area (Å²) in [5, 5.41) is 0. The summed E-state index contributed by atoms with van der Waals surface area (Å²) in [6, 6.07) is 19.6. The van der Waals surface area contributed by atoms with Crippen LogP contribution in [0.25, 0.3) is 6.08 Å². The number of rotatable bonds is 14. The highest BCUT2D eigenvalue weighted by atomic mass is 16.5. The summed E-state index contributed by atoms with van der Waals surface area (Å²) in [6.07, 6.45) is 9.57. The quantitative estimate of drug-likeness (QED) is 0.0859. The first-order valence-corrected chi connectivity index (χ1v) is 13.0. The van der Waals surface area contributed by atoms with Gasteiger partial charge in [-0.2, -0.15) is 0 Å². The molecule has 0 aliphatic carbocycles. The first-order chi connectivity index (χ1) is 18.4. The lowest BCUT2D eigenvalue weighted by atomic mass is 10.1. The molecule has 7 heteroatoms. The molecular weight excluding hydrogens is 480 g/mol. The van der Waals surface area contributed by atoms with Gasteiger partial charge < -0.3 is 25.7 Å². The molecule has 3 aromatic carbocycles. The van der Waals surface area contributed by atoms with Crippen molar-refractivity contribution in [2.24, 2.45) is 0 Å². The van der Waals surface area contributed by atoms with Crippen molar-refractivity contribution < 1.29 is 23.8 Å². The number of benzene rings is 3. The van der Waals surface area contributed by atoms with Gasteiger partial charge in [-0.3, -0.25) is 0 Å². The van der Waals surface area contributed by atoms with Crippen molar-refractivity contribution in [1.29, 1.82) is 0 Å². The van der Waals surface area contributed by atoms with Gasteiger partial charge in [0.1, 0.15) is 11.5 Å². The van der Waals surface area contributed by atoms with Crippen LogP contribution in [-0.4, -0.2) is 25.2 Å². The van der Waals surface area contributed by atoms with E-state index in [2.05, 4.69) is 6.92 Å². The van der Waals surface area contributed by atoms with E-state index in [4.69, 9.17) is 25.7 Å². The number of aryl methyl sites for hydroxylation is 1. The van der Waals surface area contributed by atoms with Gasteiger partial charge in [0.05, 0.1) is 18.8 Å². The smallest absolute Gasteiger partial charge is 0.338 e. The first kappa shape index (κ1) is 28.3. The number of ether oxygens (including phenoxy) is 3. The zero-order valence-corrected chi connectivity index (χ0v) is 21.9. The number of unbranched alkanes of at least 4 members (excludes halogenated alkanes) is 3. The third kappa shape index (κ3) is 10.0. The molecule has 0 fully saturated rings. The van der Waals surface area contributed by atoms with Crippen LogP contribution in [0.3, 0.4) is 0 Å². The second-order valence-electron chi connectivity index (χ2n) is 9.00. The molecule has 7 nitrogen and oxygen atoms in total. The number of nitrogen functional groups attached to an aromatic ring is 2. The molecule has 0 radical (unpaired) electrons. The minimum Gasteiger partial charge on any atom is -0.493 e. The van der Waals surface area contributed by atoms with E-state index in [0.717, 1.165) is 12.0 Å². The number of hydrogen-bond acceptors (Lipinski definition) is 7. The molecule has 0 atom stereocenters. The molecule has 0 bridgehead atoms. The normalized spacial score (nSPS) is 10.9. The molecule has 0 amide bonds. The predicted octanol–water partition coefficient (Wildman–Crippen LogP) is 6.22. The number of esters is 2. The standard InChI is InChI=1S/C31H36N2O5/c1-2-3-4-5-7-23-10-15-29(16-11-23)38-30(34)17-12-24-8-13-28(14-9-24)36-18-6-19-37-31(35)25-20-26(32)22-27(33)21-25/h8-17,20-22H,2-7,18-19,32-33H2,1H3/b17-12+. The van der Waals surface area contributed by atoms with Crippen molar-refractivity contribution in [3.8, 4) is 11.5 Å². The Labute approximate surface area is 224 Å². The molecular formula is C31H36N2O5. The van der Waals surface area contributed by atoms with Gasteiger partial charge >= 0.3 is 11.9 Å². The van der Waals surface area contributed by atoms with Crippen LogP contribution in [0.5, 0.6) is 11.5 Å². The largest absolute Gasteiger partial charge is 0.493 e. The van der Waals surface area contributed by atoms with E-state index >= 15 is 0 Å². The minimum absolute atomic E-state index is 0.207. The van der Waals surface area contributed by atoms with Crippen molar-refractivity contribution in [2.75, 3.05) is 24.7 Å². The molecule has 200 valence electrons. The Hall–Kier alpha value is -4.26. The molecule has 0 spiro atoms. The van der Waals surface area contributed by atoms with Crippen LogP contribution in [-0.2, 0) is 16.0 Å². The molecule has 3 rings (SSSR count). The second kappa shape index (κ2) is 15.1. The first-order valence-electron chi connectivity index (χ1n) is 13.0. The SMILES string of the molecule is CCCCCCc1ccc(OC(=O)/C=C/c2ccc(OCCCOC(=O)c3cc(N)cc(N)c3)cc2)cc1. The highest BCUT2D eigenvalue weighted by Gasteiger charge is 2.09. The number of hydrogen-bond donors (Lipinski definition) is 2. The van der Waals surface area contributed by atoms with Gasteiger partial charge in [-0.15, -0.1) is 0 Å². The lowest BCUT2D eigenvalue weighted by Gasteiger charge is -2.08. The third-order valence-electron chi connectivity index (χ3n) is 5.76. The van der Waals surface area contributed by atoms with Gasteiger partial charge in [-0.1, -0.05) is 50.5 Å². The van der Waals surface area contributed by atoms with E-state index in [1.165, 1.54) is 49.5 Å². The van der Waals surface area contributed by atoms with Crippen molar-refractivity contribution in [3.05, 3.63) is 89.5 Å². The van der Waals surface area contributed by atoms with Gasteiger partial charge in [0.15, 0.2) is 0 Å². The van der Waals surface area contributed by atoms with Crippen LogP contribution < -0.4 is 20.9 Å². The number of nitrogens with two attached hydrogens (primary N) is 2. The average Bonchev–Trinajstić information content (AvgIpc) is 2.90. The highest BCUT2D eigenvalue weighted by molar-refractivity contribution is 5.91. The summed E-state index contributed by atoms with van der Waals surface area (Å²) in [5.41, 5.74) is 14.6. The Morgan fingerprint density at radius 3 is 2.16 bits per heavy atom. The van der Waals surface area contributed by atoms with E-state index in [1.54, 1.807) is 12.1 Å². The van der Waals surface area contributed by atoms with Crippen molar-refractivity contribution >= 4 is 29.4 Å². The molecule has 0 saturated carbocycles. The fourth-order valence-corrected chi connectivity index (χ4v) is 3.76. The Morgan fingerprint density at radius 1 is 0.789 bits per heavy atom. The molecule has 0 heterocycles. The van der Waals surface area contributed by atoms with Crippen LogP contribution >= 0.6 is 0 Å². The Morgan fingerprint density at radius 2 is 1.47 bits per heavy atom. The van der Waals surface area contributed by atoms with Crippen LogP contribution in [0.1, 0.15) is 60.5 Å². The summed E-state index contributed by atoms with van der Waals surface area (Å²) in [7, 11) is 0. The van der Waals surface area contributed by atoms with E-state index in [9.17, 15) is 9.59 Å². The summed E-state index contributed by atoms with van der Waals surface area (Å²) in [4.78, 5) is 24.3. The maximum Gasteiger partial charge on any atom is 0.338 e. The number of anilines is 2. The zero-order valence-electron chi connectivity index (χ0n) is 21.9. The molecule has 0 aliphatic rings. The highest BCUT2D eigenvalue weighted by Crippen LogP contribution is 2.17. The summed E-state index contributed by atoms with van der Waals surface area (Å²) in [6.45, 7) is 2.79. The van der Waals surface area contributed by atoms with Gasteiger partial charge in [-0.25, -0.2) is 9.59 Å². The maximum absolute atomic E-state index is 12.2. The molecule has 0 aliphatic heterocycles. The third-order valence-corrected chi connectivity index (χ3v) is 5.76. The van der Waals surface area contributed by atoms with Crippen LogP contribution in [0.2, 0.25) is 0 Å². The Balaban J connectivity index is 1.35. The number of carbonyl (C=O) groups excluding carboxylic acids is 2. The summed E-state index contributed by atoms with van der Waals surface area (Å²) < 4.78 is 16.3. The molecule has 0 aromatic heterocycles. The topological polar surface area (TPSA) is 114 Å². The maximum atomic E-state index is 12.2. The lowest BCUT2D eigenvalue weighted by molar-refractivity contribution is -0.128. The van der Waals surface area contributed by atoms with Crippen LogP contribution in [0, 0.1) is 0 Å². The molecule has 38 heavy (non-hydrogen) atoms. The Bertz CT molecular complexity index is 1180. The molecule has 3 aromatic rings. The van der Waals surface area contributed by atoms with Crippen molar-refractivity contribution in [3.63, 3.8) is 0 Å². The van der Waals surface area contributed by atoms with E-state index in [-0.39, 0.29) is 6.61 Å². The Kier molecular flexibility index (Phi) is 11.2. The minimum atomic E-state index is -0.478. The number of carbonyl (C=O) groups is 2. The van der Waals surface area contributed by atoms with Crippen molar-refractivity contribution in [2.45, 2.75) is 45.4 Å². The molecule has 0 unspecified atom stereocenters. The fourth-order valence-electron chi connectivity index (χ4n) is 3.76. The van der Waals surface area contributed by atoms with Crippen molar-refractivity contribution in [1.82, 2.24) is 0 Å². The summed E-state index contributed by atoms with van der Waals surface area (Å²) in [5.74, 6) is 0.294.